The summed E-state index contributed by atoms with van der Waals surface area (Å²) in [6, 6.07) is 3.23. The zero-order chi connectivity index (χ0) is 14.1. The van der Waals surface area contributed by atoms with Crippen LogP contribution in [-0.4, -0.2) is 26.2 Å². The molecule has 0 saturated heterocycles. The molecule has 0 aliphatic carbocycles. The Labute approximate surface area is 116 Å². The number of hydrogen-bond donors (Lipinski definition) is 1. The van der Waals surface area contributed by atoms with Gasteiger partial charge in [0.05, 0.1) is 0 Å². The molecule has 0 atom stereocenters. The van der Waals surface area contributed by atoms with E-state index in [-0.39, 0.29) is 4.90 Å². The molecule has 0 radical (unpaired) electrons. The average Bonchev–Trinajstić information content (AvgIpc) is 2.37. The highest BCUT2D eigenvalue weighted by Gasteiger charge is 2.12. The van der Waals surface area contributed by atoms with Crippen molar-refractivity contribution in [3.05, 3.63) is 18.3 Å². The van der Waals surface area contributed by atoms with E-state index in [9.17, 15) is 8.42 Å². The number of anilines is 1. The minimum absolute atomic E-state index is 0.279. The predicted octanol–water partition coefficient (Wildman–Crippen LogP) is 3.26. The van der Waals surface area contributed by atoms with Crippen molar-refractivity contribution in [2.75, 3.05) is 18.1 Å². The number of nitrogens with one attached hydrogen (secondary N) is 1. The monoisotopic (exact) mass is 284 g/mol. The third-order valence-electron chi connectivity index (χ3n) is 2.99. The van der Waals surface area contributed by atoms with E-state index < -0.39 is 9.84 Å². The van der Waals surface area contributed by atoms with Gasteiger partial charge in [0.15, 0.2) is 9.84 Å². The highest BCUT2D eigenvalue weighted by atomic mass is 32.2. The van der Waals surface area contributed by atoms with Gasteiger partial charge >= 0.3 is 0 Å². The number of unbranched alkanes of at least 4 members (excludes halogenated alkanes) is 5. The molecule has 108 valence electrons. The number of sulfone groups is 1. The largest absolute Gasteiger partial charge is 0.369 e. The summed E-state index contributed by atoms with van der Waals surface area (Å²) in [4.78, 5) is 4.38. The molecule has 1 aromatic heterocycles. The molecule has 4 nitrogen and oxygen atoms in total. The lowest BCUT2D eigenvalue weighted by Crippen LogP contribution is -2.09. The molecular weight excluding hydrogens is 260 g/mol. The Bertz CT molecular complexity index is 472. The van der Waals surface area contributed by atoms with Gasteiger partial charge in [-0.15, -0.1) is 0 Å². The van der Waals surface area contributed by atoms with Gasteiger partial charge in [-0.25, -0.2) is 13.4 Å². The number of rotatable bonds is 9. The Morgan fingerprint density at radius 2 is 1.84 bits per heavy atom. The van der Waals surface area contributed by atoms with E-state index in [0.29, 0.717) is 5.82 Å². The lowest BCUT2D eigenvalue weighted by Gasteiger charge is -2.09. The van der Waals surface area contributed by atoms with Crippen molar-refractivity contribution in [1.82, 2.24) is 4.98 Å². The predicted molar refractivity (Wildman–Crippen MR) is 79.2 cm³/mol. The molecule has 1 N–H and O–H groups in total. The van der Waals surface area contributed by atoms with Gasteiger partial charge in [-0.2, -0.15) is 0 Å². The zero-order valence-electron chi connectivity index (χ0n) is 11.9. The second-order valence-electron chi connectivity index (χ2n) is 4.82. The van der Waals surface area contributed by atoms with Crippen LogP contribution in [-0.2, 0) is 9.84 Å². The van der Waals surface area contributed by atoms with Gasteiger partial charge in [-0.3, -0.25) is 0 Å². The molecule has 19 heavy (non-hydrogen) atoms. The summed E-state index contributed by atoms with van der Waals surface area (Å²) < 4.78 is 23.2. The third kappa shape index (κ3) is 6.05. The fraction of sp³-hybridized carbons (Fsp3) is 0.643. The fourth-order valence-electron chi connectivity index (χ4n) is 1.93. The zero-order valence-corrected chi connectivity index (χ0v) is 12.7. The van der Waals surface area contributed by atoms with Crippen molar-refractivity contribution in [2.24, 2.45) is 0 Å². The maximum Gasteiger partial charge on any atom is 0.179 e. The van der Waals surface area contributed by atoms with E-state index in [0.717, 1.165) is 13.0 Å². The van der Waals surface area contributed by atoms with Crippen LogP contribution < -0.4 is 5.32 Å². The van der Waals surface area contributed by atoms with E-state index in [1.165, 1.54) is 38.4 Å². The molecule has 0 spiro atoms. The smallest absolute Gasteiger partial charge is 0.179 e. The van der Waals surface area contributed by atoms with Crippen molar-refractivity contribution in [3.8, 4) is 0 Å². The van der Waals surface area contributed by atoms with Crippen LogP contribution in [0.1, 0.15) is 45.4 Å². The Hall–Kier alpha value is -1.10. The Kier molecular flexibility index (Phi) is 6.84. The van der Waals surface area contributed by atoms with E-state index in [1.54, 1.807) is 18.3 Å². The average molecular weight is 284 g/mol. The Morgan fingerprint density at radius 1 is 1.16 bits per heavy atom. The molecule has 0 bridgehead atoms. The van der Waals surface area contributed by atoms with Crippen molar-refractivity contribution >= 4 is 15.7 Å². The fourth-order valence-corrected chi connectivity index (χ4v) is 2.74. The lowest BCUT2D eigenvalue weighted by atomic mass is 10.1. The molecule has 0 amide bonds. The summed E-state index contributed by atoms with van der Waals surface area (Å²) in [5, 5.41) is 3.12. The molecule has 0 aliphatic heterocycles. The van der Waals surface area contributed by atoms with E-state index in [1.807, 2.05) is 0 Å². The maximum atomic E-state index is 11.6. The number of nitrogens with zero attached hydrogens (tertiary/aromatic N) is 1. The standard InChI is InChI=1S/C14H24N2O2S/c1-3-4-5-6-7-8-11-15-14-13(19(2,17)18)10-9-12-16-14/h9-10,12H,3-8,11H2,1-2H3,(H,15,16). The SMILES string of the molecule is CCCCCCCCNc1ncccc1S(C)(=O)=O. The van der Waals surface area contributed by atoms with Gasteiger partial charge in [0.25, 0.3) is 0 Å². The van der Waals surface area contributed by atoms with Crippen LogP contribution in [0.4, 0.5) is 5.82 Å². The van der Waals surface area contributed by atoms with Gasteiger partial charge in [0.2, 0.25) is 0 Å². The highest BCUT2D eigenvalue weighted by Crippen LogP contribution is 2.17. The topological polar surface area (TPSA) is 59.1 Å². The highest BCUT2D eigenvalue weighted by molar-refractivity contribution is 7.90. The van der Waals surface area contributed by atoms with Crippen molar-refractivity contribution in [3.63, 3.8) is 0 Å². The van der Waals surface area contributed by atoms with Gasteiger partial charge in [0.1, 0.15) is 10.7 Å². The molecule has 1 heterocycles. The minimum Gasteiger partial charge on any atom is -0.369 e. The first-order valence-corrected chi connectivity index (χ1v) is 8.83. The minimum atomic E-state index is -3.21. The quantitative estimate of drug-likeness (QED) is 0.707. The molecular formula is C14H24N2O2S. The molecule has 0 saturated carbocycles. The normalized spacial score (nSPS) is 11.5. The van der Waals surface area contributed by atoms with Crippen molar-refractivity contribution in [2.45, 2.75) is 50.3 Å². The molecule has 5 heteroatoms. The molecule has 1 aromatic rings. The molecule has 0 aromatic carbocycles. The number of pyridine rings is 1. The van der Waals surface area contributed by atoms with Crippen LogP contribution in [0, 0.1) is 0 Å². The summed E-state index contributed by atoms with van der Waals surface area (Å²) >= 11 is 0. The molecule has 1 rings (SSSR count). The van der Waals surface area contributed by atoms with Crippen LogP contribution in [0.3, 0.4) is 0 Å². The van der Waals surface area contributed by atoms with Crippen LogP contribution >= 0.6 is 0 Å². The summed E-state index contributed by atoms with van der Waals surface area (Å²) in [5.41, 5.74) is 0. The summed E-state index contributed by atoms with van der Waals surface area (Å²) in [5.74, 6) is 0.471. The molecule has 0 aliphatic rings. The van der Waals surface area contributed by atoms with Crippen LogP contribution in [0.25, 0.3) is 0 Å². The Morgan fingerprint density at radius 3 is 2.53 bits per heavy atom. The first-order valence-electron chi connectivity index (χ1n) is 6.94. The summed E-state index contributed by atoms with van der Waals surface area (Å²) in [7, 11) is -3.21. The summed E-state index contributed by atoms with van der Waals surface area (Å²) in [6.07, 6.45) is 10.1. The van der Waals surface area contributed by atoms with Crippen molar-refractivity contribution in [1.29, 1.82) is 0 Å². The van der Waals surface area contributed by atoms with Crippen molar-refractivity contribution < 1.29 is 8.42 Å². The first kappa shape index (κ1) is 16.0. The molecule has 0 unspecified atom stereocenters. The maximum absolute atomic E-state index is 11.6. The van der Waals surface area contributed by atoms with E-state index >= 15 is 0 Å². The lowest BCUT2D eigenvalue weighted by molar-refractivity contribution is 0.601. The second-order valence-corrected chi connectivity index (χ2v) is 6.80. The van der Waals surface area contributed by atoms with Gasteiger partial charge in [-0.05, 0) is 18.6 Å². The summed E-state index contributed by atoms with van der Waals surface area (Å²) in [6.45, 7) is 2.97. The van der Waals surface area contributed by atoms with Gasteiger partial charge in [-0.1, -0.05) is 39.0 Å². The number of hydrogen-bond acceptors (Lipinski definition) is 4. The van der Waals surface area contributed by atoms with Crippen LogP contribution in [0.2, 0.25) is 0 Å². The second kappa shape index (κ2) is 8.15. The molecule has 0 fully saturated rings. The van der Waals surface area contributed by atoms with Gasteiger partial charge < -0.3 is 5.32 Å². The first-order chi connectivity index (χ1) is 9.05. The third-order valence-corrected chi connectivity index (χ3v) is 4.12. The Balaban J connectivity index is 2.38. The van der Waals surface area contributed by atoms with E-state index in [2.05, 4.69) is 17.2 Å². The van der Waals surface area contributed by atoms with Gasteiger partial charge in [0, 0.05) is 19.0 Å². The van der Waals surface area contributed by atoms with Crippen LogP contribution in [0.15, 0.2) is 23.2 Å². The van der Waals surface area contributed by atoms with E-state index in [4.69, 9.17) is 0 Å². The van der Waals surface area contributed by atoms with Crippen LogP contribution in [0.5, 0.6) is 0 Å². The number of aromatic nitrogens is 1.